The van der Waals surface area contributed by atoms with E-state index in [1.807, 2.05) is 11.3 Å². The smallest absolute Gasteiger partial charge is 0.0307 e. The molecule has 1 aliphatic rings. The van der Waals surface area contributed by atoms with Crippen molar-refractivity contribution in [3.63, 3.8) is 0 Å². The van der Waals surface area contributed by atoms with E-state index in [1.165, 1.54) is 35.7 Å². The van der Waals surface area contributed by atoms with Gasteiger partial charge in [0.15, 0.2) is 0 Å². The molecule has 0 saturated carbocycles. The van der Waals surface area contributed by atoms with Crippen LogP contribution in [0.3, 0.4) is 0 Å². The van der Waals surface area contributed by atoms with Gasteiger partial charge in [0.1, 0.15) is 0 Å². The molecule has 1 atom stereocenters. The molecule has 1 aliphatic heterocycles. The predicted octanol–water partition coefficient (Wildman–Crippen LogP) is 3.05. The van der Waals surface area contributed by atoms with E-state index in [0.29, 0.717) is 0 Å². The maximum absolute atomic E-state index is 6.48. The lowest BCUT2D eigenvalue weighted by molar-refractivity contribution is 0.124. The van der Waals surface area contributed by atoms with Crippen LogP contribution in [-0.2, 0) is 12.8 Å². The van der Waals surface area contributed by atoms with E-state index >= 15 is 0 Å². The Morgan fingerprint density at radius 3 is 2.44 bits per heavy atom. The minimum Gasteiger partial charge on any atom is -0.326 e. The van der Waals surface area contributed by atoms with Crippen molar-refractivity contribution in [3.8, 4) is 0 Å². The van der Waals surface area contributed by atoms with Crippen LogP contribution in [0.2, 0.25) is 0 Å². The first-order valence-electron chi connectivity index (χ1n) is 7.12. The number of likely N-dealkylation sites (tertiary alicyclic amines) is 1. The zero-order valence-corrected chi connectivity index (χ0v) is 12.7. The van der Waals surface area contributed by atoms with Gasteiger partial charge in [-0.1, -0.05) is 6.92 Å². The summed E-state index contributed by atoms with van der Waals surface area (Å²) in [5.41, 5.74) is 6.60. The van der Waals surface area contributed by atoms with E-state index < -0.39 is 0 Å². The minimum atomic E-state index is 0.118. The molecular formula is C15H26N2S. The van der Waals surface area contributed by atoms with Gasteiger partial charge in [0.2, 0.25) is 0 Å². The van der Waals surface area contributed by atoms with Gasteiger partial charge in [-0.15, -0.1) is 11.3 Å². The van der Waals surface area contributed by atoms with E-state index in [1.54, 1.807) is 0 Å². The number of nitrogens with two attached hydrogens (primary N) is 1. The quantitative estimate of drug-likeness (QED) is 0.887. The summed E-state index contributed by atoms with van der Waals surface area (Å²) in [6.45, 7) is 9.25. The number of hydrogen-bond donors (Lipinski definition) is 1. The summed E-state index contributed by atoms with van der Waals surface area (Å²) in [6, 6.07) is 4.72. The average Bonchev–Trinajstić information content (AvgIpc) is 2.99. The van der Waals surface area contributed by atoms with Crippen LogP contribution in [0, 0.1) is 0 Å². The molecule has 18 heavy (non-hydrogen) atoms. The fraction of sp³-hybridized carbons (Fsp3) is 0.733. The summed E-state index contributed by atoms with van der Waals surface area (Å²) in [5.74, 6) is 0. The molecule has 102 valence electrons. The summed E-state index contributed by atoms with van der Waals surface area (Å²) in [4.78, 5) is 5.47. The Morgan fingerprint density at radius 1 is 1.28 bits per heavy atom. The lowest BCUT2D eigenvalue weighted by Gasteiger charge is -2.40. The van der Waals surface area contributed by atoms with E-state index in [0.717, 1.165) is 12.8 Å². The van der Waals surface area contributed by atoms with Crippen molar-refractivity contribution in [2.24, 2.45) is 5.73 Å². The normalized spacial score (nSPS) is 19.3. The molecule has 1 fully saturated rings. The number of nitrogens with zero attached hydrogens (tertiary/aromatic N) is 1. The monoisotopic (exact) mass is 266 g/mol. The summed E-state index contributed by atoms with van der Waals surface area (Å²) >= 11 is 1.92. The lowest BCUT2D eigenvalue weighted by atomic mass is 9.90. The molecule has 3 heteroatoms. The molecule has 0 bridgehead atoms. The van der Waals surface area contributed by atoms with Crippen molar-refractivity contribution in [3.05, 3.63) is 21.9 Å². The van der Waals surface area contributed by atoms with Crippen molar-refractivity contribution in [2.45, 2.75) is 58.0 Å². The SMILES string of the molecule is CCc1ccc(CC(N)C(C)(C)N2CCCC2)s1. The van der Waals surface area contributed by atoms with Crippen LogP contribution in [0.5, 0.6) is 0 Å². The molecular weight excluding hydrogens is 240 g/mol. The van der Waals surface area contributed by atoms with Gasteiger partial charge in [-0.2, -0.15) is 0 Å². The number of rotatable bonds is 5. The molecule has 1 aromatic heterocycles. The Kier molecular flexibility index (Phi) is 4.46. The van der Waals surface area contributed by atoms with Crippen molar-refractivity contribution >= 4 is 11.3 Å². The Labute approximate surface area is 115 Å². The molecule has 0 aromatic carbocycles. The predicted molar refractivity (Wildman–Crippen MR) is 80.3 cm³/mol. The zero-order valence-electron chi connectivity index (χ0n) is 11.9. The second-order valence-electron chi connectivity index (χ2n) is 5.88. The van der Waals surface area contributed by atoms with E-state index in [2.05, 4.69) is 37.8 Å². The first-order valence-corrected chi connectivity index (χ1v) is 7.94. The van der Waals surface area contributed by atoms with Gasteiger partial charge in [-0.05, 0) is 64.8 Å². The molecule has 0 spiro atoms. The summed E-state index contributed by atoms with van der Waals surface area (Å²) in [5, 5.41) is 0. The van der Waals surface area contributed by atoms with E-state index in [-0.39, 0.29) is 11.6 Å². The maximum Gasteiger partial charge on any atom is 0.0307 e. The van der Waals surface area contributed by atoms with E-state index in [9.17, 15) is 0 Å². The molecule has 2 rings (SSSR count). The van der Waals surface area contributed by atoms with Crippen LogP contribution in [0.4, 0.5) is 0 Å². The highest BCUT2D eigenvalue weighted by atomic mass is 32.1. The minimum absolute atomic E-state index is 0.118. The molecule has 2 nitrogen and oxygen atoms in total. The van der Waals surface area contributed by atoms with E-state index in [4.69, 9.17) is 5.73 Å². The zero-order chi connectivity index (χ0) is 13.2. The Balaban J connectivity index is 1.99. The Morgan fingerprint density at radius 2 is 1.89 bits per heavy atom. The largest absolute Gasteiger partial charge is 0.326 e. The van der Waals surface area contributed by atoms with Crippen LogP contribution in [-0.4, -0.2) is 29.6 Å². The van der Waals surface area contributed by atoms with Crippen LogP contribution in [0.15, 0.2) is 12.1 Å². The van der Waals surface area contributed by atoms with Crippen molar-refractivity contribution in [1.82, 2.24) is 4.90 Å². The van der Waals surface area contributed by atoms with Gasteiger partial charge in [0.05, 0.1) is 0 Å². The highest BCUT2D eigenvalue weighted by Crippen LogP contribution is 2.27. The highest BCUT2D eigenvalue weighted by molar-refractivity contribution is 7.11. The molecule has 0 aliphatic carbocycles. The molecule has 1 aromatic rings. The third-order valence-corrected chi connectivity index (χ3v) is 5.57. The molecule has 2 N–H and O–H groups in total. The summed E-state index contributed by atoms with van der Waals surface area (Å²) < 4.78 is 0. The third kappa shape index (κ3) is 2.95. The standard InChI is InChI=1S/C15H26N2S/c1-4-12-7-8-13(18-12)11-14(16)15(2,3)17-9-5-6-10-17/h7-8,14H,4-6,9-11,16H2,1-3H3. The average molecular weight is 266 g/mol. The second kappa shape index (κ2) is 5.72. The van der Waals surface area contributed by atoms with Crippen molar-refractivity contribution in [2.75, 3.05) is 13.1 Å². The van der Waals surface area contributed by atoms with Gasteiger partial charge in [0.25, 0.3) is 0 Å². The Bertz CT molecular complexity index is 378. The van der Waals surface area contributed by atoms with Crippen molar-refractivity contribution in [1.29, 1.82) is 0 Å². The van der Waals surface area contributed by atoms with Gasteiger partial charge in [-0.3, -0.25) is 4.90 Å². The molecule has 0 radical (unpaired) electrons. The van der Waals surface area contributed by atoms with Gasteiger partial charge >= 0.3 is 0 Å². The number of thiophene rings is 1. The lowest BCUT2D eigenvalue weighted by Crippen LogP contribution is -2.55. The van der Waals surface area contributed by atoms with Crippen molar-refractivity contribution < 1.29 is 0 Å². The van der Waals surface area contributed by atoms with Crippen LogP contribution in [0.25, 0.3) is 0 Å². The van der Waals surface area contributed by atoms with Gasteiger partial charge < -0.3 is 5.73 Å². The summed E-state index contributed by atoms with van der Waals surface area (Å²) in [6.07, 6.45) is 4.80. The van der Waals surface area contributed by atoms with Crippen LogP contribution >= 0.6 is 11.3 Å². The molecule has 1 saturated heterocycles. The first kappa shape index (κ1) is 14.0. The molecule has 1 unspecified atom stereocenters. The fourth-order valence-corrected chi connectivity index (χ4v) is 3.73. The first-order chi connectivity index (χ1) is 8.54. The molecule has 2 heterocycles. The Hall–Kier alpha value is -0.380. The maximum atomic E-state index is 6.48. The van der Waals surface area contributed by atoms with Gasteiger partial charge in [-0.25, -0.2) is 0 Å². The molecule has 0 amide bonds. The van der Waals surface area contributed by atoms with Crippen LogP contribution < -0.4 is 5.73 Å². The number of aryl methyl sites for hydroxylation is 1. The van der Waals surface area contributed by atoms with Crippen LogP contribution in [0.1, 0.15) is 43.4 Å². The third-order valence-electron chi connectivity index (χ3n) is 4.32. The topological polar surface area (TPSA) is 29.3 Å². The number of hydrogen-bond acceptors (Lipinski definition) is 3. The fourth-order valence-electron chi connectivity index (χ4n) is 2.72. The second-order valence-corrected chi connectivity index (χ2v) is 7.13. The van der Waals surface area contributed by atoms with Gasteiger partial charge in [0, 0.05) is 21.3 Å². The highest BCUT2D eigenvalue weighted by Gasteiger charge is 2.34. The summed E-state index contributed by atoms with van der Waals surface area (Å²) in [7, 11) is 0.